The van der Waals surface area contributed by atoms with Crippen molar-refractivity contribution in [2.75, 3.05) is 7.11 Å². The van der Waals surface area contributed by atoms with E-state index in [4.69, 9.17) is 9.92 Å². The van der Waals surface area contributed by atoms with Crippen LogP contribution in [0.25, 0.3) is 33.1 Å². The molecule has 126 valence electrons. The molecule has 8 nitrogen and oxygen atoms in total. The van der Waals surface area contributed by atoms with Gasteiger partial charge in [0.2, 0.25) is 0 Å². The number of rotatable bonds is 4. The molecule has 9 heteroatoms. The maximum absolute atomic E-state index is 11.8. The number of hydrogen-bond donors (Lipinski definition) is 3. The first-order chi connectivity index (χ1) is 12.1. The monoisotopic (exact) mass is 355 g/mol. The quantitative estimate of drug-likeness (QED) is 0.515. The second-order valence-electron chi connectivity index (χ2n) is 5.36. The Hall–Kier alpha value is -3.04. The van der Waals surface area contributed by atoms with E-state index in [1.807, 2.05) is 12.3 Å². The molecular formula is C16H13N5O3S. The normalized spacial score (nSPS) is 12.7. The molecule has 0 saturated carbocycles. The van der Waals surface area contributed by atoms with E-state index in [1.54, 1.807) is 24.4 Å². The molecule has 0 saturated heterocycles. The zero-order valence-corrected chi connectivity index (χ0v) is 13.9. The van der Waals surface area contributed by atoms with Crippen molar-refractivity contribution in [3.63, 3.8) is 0 Å². The first-order valence-corrected chi connectivity index (χ1v) is 8.37. The van der Waals surface area contributed by atoms with Gasteiger partial charge in [0.1, 0.15) is 5.69 Å². The maximum atomic E-state index is 11.8. The fourth-order valence-corrected chi connectivity index (χ4v) is 3.39. The van der Waals surface area contributed by atoms with Crippen LogP contribution in [-0.4, -0.2) is 37.4 Å². The van der Waals surface area contributed by atoms with Crippen LogP contribution >= 0.6 is 0 Å². The van der Waals surface area contributed by atoms with Crippen molar-refractivity contribution >= 4 is 38.9 Å². The fraction of sp³-hybridized carbons (Fsp3) is 0.0625. The average molecular weight is 355 g/mol. The summed E-state index contributed by atoms with van der Waals surface area (Å²) >= 11 is -1.51. The molecule has 0 bridgehead atoms. The molecule has 4 N–H and O–H groups in total. The number of H-pyrrole nitrogens is 2. The number of carbonyl (C=O) groups is 1. The Balaban J connectivity index is 1.96. The fourth-order valence-electron chi connectivity index (χ4n) is 2.81. The Bertz CT molecular complexity index is 1150. The maximum Gasteiger partial charge on any atom is 0.267 e. The number of benzene rings is 1. The number of nitrogens with zero attached hydrogens (tertiary/aromatic N) is 2. The molecule has 3 aromatic heterocycles. The molecule has 4 rings (SSSR count). The highest BCUT2D eigenvalue weighted by molar-refractivity contribution is 7.80. The van der Waals surface area contributed by atoms with Crippen LogP contribution in [0.1, 0.15) is 10.5 Å². The first kappa shape index (κ1) is 15.5. The summed E-state index contributed by atoms with van der Waals surface area (Å²) in [7, 11) is 1.39. The van der Waals surface area contributed by atoms with Crippen molar-refractivity contribution in [3.8, 4) is 11.1 Å². The summed E-state index contributed by atoms with van der Waals surface area (Å²) in [5, 5.41) is 8.43. The van der Waals surface area contributed by atoms with Crippen LogP contribution < -0.4 is 5.73 Å². The van der Waals surface area contributed by atoms with Gasteiger partial charge in [-0.05, 0) is 23.8 Å². The van der Waals surface area contributed by atoms with Crippen molar-refractivity contribution in [1.29, 1.82) is 0 Å². The topological polar surface area (TPSA) is 127 Å². The predicted molar refractivity (Wildman–Crippen MR) is 93.1 cm³/mol. The van der Waals surface area contributed by atoms with Crippen molar-refractivity contribution in [2.45, 2.75) is 4.90 Å². The Morgan fingerprint density at radius 1 is 1.24 bits per heavy atom. The number of fused-ring (bicyclic) bond motifs is 2. The molecule has 0 spiro atoms. The van der Waals surface area contributed by atoms with Crippen molar-refractivity contribution < 1.29 is 13.2 Å². The molecule has 3 heterocycles. The van der Waals surface area contributed by atoms with Crippen LogP contribution in [0.3, 0.4) is 0 Å². The van der Waals surface area contributed by atoms with Gasteiger partial charge in [-0.15, -0.1) is 0 Å². The summed E-state index contributed by atoms with van der Waals surface area (Å²) in [5.41, 5.74) is 8.46. The molecule has 4 aromatic rings. The van der Waals surface area contributed by atoms with Gasteiger partial charge in [-0.25, -0.2) is 9.19 Å². The lowest BCUT2D eigenvalue weighted by atomic mass is 10.0. The molecule has 0 aliphatic rings. The third kappa shape index (κ3) is 2.49. The third-order valence-corrected chi connectivity index (χ3v) is 4.90. The molecule has 1 unspecified atom stereocenters. The highest BCUT2D eigenvalue weighted by Gasteiger charge is 2.16. The lowest BCUT2D eigenvalue weighted by molar-refractivity contribution is 0.0996. The van der Waals surface area contributed by atoms with Gasteiger partial charge in [0.25, 0.3) is 5.91 Å². The number of amides is 1. The zero-order chi connectivity index (χ0) is 17.6. The van der Waals surface area contributed by atoms with Crippen LogP contribution in [0, 0.1) is 0 Å². The third-order valence-electron chi connectivity index (χ3n) is 3.96. The lowest BCUT2D eigenvalue weighted by Crippen LogP contribution is -2.13. The SMILES string of the molecule is COS(=O)c1ccc2c(-c3cc(C(N)=O)nc4[nH]ncc34)c[nH]c2c1. The predicted octanol–water partition coefficient (Wildman–Crippen LogP) is 1.87. The van der Waals surface area contributed by atoms with Gasteiger partial charge in [-0.3, -0.25) is 14.1 Å². The summed E-state index contributed by atoms with van der Waals surface area (Å²) in [6.07, 6.45) is 3.46. The molecule has 0 radical (unpaired) electrons. The van der Waals surface area contributed by atoms with Crippen LogP contribution in [0.4, 0.5) is 0 Å². The number of aromatic amines is 2. The second kappa shape index (κ2) is 5.80. The van der Waals surface area contributed by atoms with Gasteiger partial charge in [-0.2, -0.15) is 5.10 Å². The van der Waals surface area contributed by atoms with Crippen LogP contribution in [0.15, 0.2) is 41.6 Å². The summed E-state index contributed by atoms with van der Waals surface area (Å²) in [6, 6.07) is 7.00. The summed E-state index contributed by atoms with van der Waals surface area (Å²) in [6.45, 7) is 0. The largest absolute Gasteiger partial charge is 0.364 e. The molecule has 1 amide bonds. The van der Waals surface area contributed by atoms with Gasteiger partial charge in [0, 0.05) is 28.0 Å². The van der Waals surface area contributed by atoms with Crippen LogP contribution in [0.2, 0.25) is 0 Å². The minimum atomic E-state index is -1.51. The molecule has 0 fully saturated rings. The number of carbonyl (C=O) groups excluding carboxylic acids is 1. The van der Waals surface area contributed by atoms with E-state index in [-0.39, 0.29) is 5.69 Å². The van der Waals surface area contributed by atoms with Gasteiger partial charge in [0.05, 0.1) is 18.2 Å². The molecule has 1 aromatic carbocycles. The van der Waals surface area contributed by atoms with Gasteiger partial charge >= 0.3 is 0 Å². The number of hydrogen-bond acceptors (Lipinski definition) is 5. The zero-order valence-electron chi connectivity index (χ0n) is 13.1. The Kier molecular flexibility index (Phi) is 3.59. The Morgan fingerprint density at radius 3 is 2.84 bits per heavy atom. The number of pyridine rings is 1. The number of primary amides is 1. The van der Waals surface area contributed by atoms with E-state index in [0.717, 1.165) is 27.4 Å². The number of nitrogens with two attached hydrogens (primary N) is 1. The van der Waals surface area contributed by atoms with Crippen molar-refractivity contribution in [3.05, 3.63) is 42.4 Å². The Morgan fingerprint density at radius 2 is 2.08 bits per heavy atom. The molecule has 0 aliphatic heterocycles. The summed E-state index contributed by atoms with van der Waals surface area (Å²) < 4.78 is 16.6. The van der Waals surface area contributed by atoms with Crippen molar-refractivity contribution in [1.82, 2.24) is 20.2 Å². The lowest BCUT2D eigenvalue weighted by Gasteiger charge is -2.05. The van der Waals surface area contributed by atoms with E-state index in [0.29, 0.717) is 10.5 Å². The van der Waals surface area contributed by atoms with E-state index >= 15 is 0 Å². The molecular weight excluding hydrogens is 342 g/mol. The molecule has 0 aliphatic carbocycles. The van der Waals surface area contributed by atoms with Gasteiger partial charge < -0.3 is 10.7 Å². The Labute approximate surface area is 144 Å². The molecule has 1 atom stereocenters. The van der Waals surface area contributed by atoms with Gasteiger partial charge in [0.15, 0.2) is 16.7 Å². The van der Waals surface area contributed by atoms with E-state index in [1.165, 1.54) is 7.11 Å². The minimum absolute atomic E-state index is 0.151. The standard InChI is InChI=1S/C16H13N5O3S/c1-24-25(23)8-2-3-9-11(6-18-13(9)4-8)10-5-14(15(17)22)20-16-12(10)7-19-21-16/h2-7,18H,1H3,(H2,17,22)(H,19,20,21). The smallest absolute Gasteiger partial charge is 0.267 e. The van der Waals surface area contributed by atoms with Crippen LogP contribution in [0.5, 0.6) is 0 Å². The van der Waals surface area contributed by atoms with Crippen LogP contribution in [-0.2, 0) is 15.3 Å². The van der Waals surface area contributed by atoms with E-state index < -0.39 is 17.0 Å². The second-order valence-corrected chi connectivity index (χ2v) is 6.64. The highest BCUT2D eigenvalue weighted by Crippen LogP contribution is 2.34. The minimum Gasteiger partial charge on any atom is -0.364 e. The highest BCUT2D eigenvalue weighted by atomic mass is 32.2. The average Bonchev–Trinajstić information content (AvgIpc) is 3.26. The first-order valence-electron chi connectivity index (χ1n) is 7.30. The summed E-state index contributed by atoms with van der Waals surface area (Å²) in [4.78, 5) is 19.5. The summed E-state index contributed by atoms with van der Waals surface area (Å²) in [5.74, 6) is -0.615. The van der Waals surface area contributed by atoms with E-state index in [2.05, 4.69) is 20.2 Å². The number of aromatic nitrogens is 4. The number of nitrogens with one attached hydrogen (secondary N) is 2. The van der Waals surface area contributed by atoms with E-state index in [9.17, 15) is 9.00 Å². The van der Waals surface area contributed by atoms with Crippen molar-refractivity contribution in [2.24, 2.45) is 5.73 Å². The molecule has 25 heavy (non-hydrogen) atoms. The van der Waals surface area contributed by atoms with Gasteiger partial charge in [-0.1, -0.05) is 6.07 Å².